The smallest absolute Gasteiger partial charge is 0.225 e. The van der Waals surface area contributed by atoms with Gasteiger partial charge in [0, 0.05) is 18.5 Å². The van der Waals surface area contributed by atoms with Crippen molar-refractivity contribution in [3.05, 3.63) is 36.1 Å². The second kappa shape index (κ2) is 6.50. The zero-order valence-electron chi connectivity index (χ0n) is 13.0. The van der Waals surface area contributed by atoms with Crippen molar-refractivity contribution in [1.29, 1.82) is 0 Å². The molecular formula is C17H22N2O3. The number of ether oxygens (including phenoxy) is 1. The Kier molecular flexibility index (Phi) is 4.45. The highest BCUT2D eigenvalue weighted by Gasteiger charge is 2.25. The maximum absolute atomic E-state index is 12.1. The van der Waals surface area contributed by atoms with Gasteiger partial charge in [0.1, 0.15) is 11.3 Å². The van der Waals surface area contributed by atoms with Crippen LogP contribution < -0.4 is 5.32 Å². The van der Waals surface area contributed by atoms with Gasteiger partial charge in [-0.05, 0) is 32.6 Å². The number of furan rings is 1. The molecule has 1 aromatic heterocycles. The molecule has 5 heteroatoms. The summed E-state index contributed by atoms with van der Waals surface area (Å²) in [7, 11) is 3.98. The molecular weight excluding hydrogens is 280 g/mol. The zero-order chi connectivity index (χ0) is 15.5. The molecule has 1 fully saturated rings. The molecule has 22 heavy (non-hydrogen) atoms. The molecule has 2 atom stereocenters. The van der Waals surface area contributed by atoms with E-state index < -0.39 is 0 Å². The summed E-state index contributed by atoms with van der Waals surface area (Å²) < 4.78 is 11.2. The molecule has 1 saturated heterocycles. The average molecular weight is 302 g/mol. The van der Waals surface area contributed by atoms with Crippen molar-refractivity contribution >= 4 is 16.9 Å². The molecule has 1 N–H and O–H groups in total. The van der Waals surface area contributed by atoms with Crippen molar-refractivity contribution < 1.29 is 13.9 Å². The van der Waals surface area contributed by atoms with E-state index in [4.69, 9.17) is 9.15 Å². The largest absolute Gasteiger partial charge is 0.459 e. The van der Waals surface area contributed by atoms with E-state index in [9.17, 15) is 4.79 Å². The summed E-state index contributed by atoms with van der Waals surface area (Å²) >= 11 is 0. The first kappa shape index (κ1) is 15.1. The molecule has 0 radical (unpaired) electrons. The Hall–Kier alpha value is -1.85. The van der Waals surface area contributed by atoms with Crippen LogP contribution in [0.5, 0.6) is 0 Å². The quantitative estimate of drug-likeness (QED) is 0.920. The predicted octanol–water partition coefficient (Wildman–Crippen LogP) is 2.19. The Morgan fingerprint density at radius 1 is 1.41 bits per heavy atom. The van der Waals surface area contributed by atoms with Crippen LogP contribution in [0.3, 0.4) is 0 Å². The SMILES string of the molecule is CN(C)C(CNC(=O)C1CCOC1)c1cc2ccccc2o1. The number of amides is 1. The fourth-order valence-electron chi connectivity index (χ4n) is 2.79. The van der Waals surface area contributed by atoms with Gasteiger partial charge in [-0.15, -0.1) is 0 Å². The van der Waals surface area contributed by atoms with Gasteiger partial charge in [0.25, 0.3) is 0 Å². The third-order valence-corrected chi connectivity index (χ3v) is 4.17. The van der Waals surface area contributed by atoms with Gasteiger partial charge in [-0.25, -0.2) is 0 Å². The minimum Gasteiger partial charge on any atom is -0.459 e. The summed E-state index contributed by atoms with van der Waals surface area (Å²) in [6.07, 6.45) is 0.809. The topological polar surface area (TPSA) is 54.7 Å². The van der Waals surface area contributed by atoms with E-state index in [2.05, 4.69) is 10.2 Å². The zero-order valence-corrected chi connectivity index (χ0v) is 13.0. The number of para-hydroxylation sites is 1. The number of carbonyl (C=O) groups is 1. The highest BCUT2D eigenvalue weighted by molar-refractivity contribution is 5.79. The van der Waals surface area contributed by atoms with Crippen molar-refractivity contribution in [2.24, 2.45) is 5.92 Å². The molecule has 0 bridgehead atoms. The molecule has 2 aromatic rings. The third kappa shape index (κ3) is 3.15. The van der Waals surface area contributed by atoms with E-state index in [1.54, 1.807) is 0 Å². The fraction of sp³-hybridized carbons (Fsp3) is 0.471. The van der Waals surface area contributed by atoms with Crippen LogP contribution in [-0.4, -0.2) is 44.7 Å². The number of likely N-dealkylation sites (N-methyl/N-ethyl adjacent to an activating group) is 1. The Balaban J connectivity index is 1.70. The van der Waals surface area contributed by atoms with E-state index in [1.165, 1.54) is 0 Å². The molecule has 0 spiro atoms. The maximum atomic E-state index is 12.1. The first-order valence-corrected chi connectivity index (χ1v) is 7.65. The van der Waals surface area contributed by atoms with Crippen LogP contribution >= 0.6 is 0 Å². The van der Waals surface area contributed by atoms with Crippen LogP contribution in [-0.2, 0) is 9.53 Å². The van der Waals surface area contributed by atoms with Crippen LogP contribution in [0.2, 0.25) is 0 Å². The summed E-state index contributed by atoms with van der Waals surface area (Å²) in [6, 6.07) is 10.0. The number of nitrogens with zero attached hydrogens (tertiary/aromatic N) is 1. The van der Waals surface area contributed by atoms with Crippen LogP contribution in [0.1, 0.15) is 18.2 Å². The number of benzene rings is 1. The number of hydrogen-bond donors (Lipinski definition) is 1. The van der Waals surface area contributed by atoms with E-state index in [1.807, 2.05) is 44.4 Å². The number of nitrogens with one attached hydrogen (secondary N) is 1. The summed E-state index contributed by atoms with van der Waals surface area (Å²) in [5.74, 6) is 0.924. The lowest BCUT2D eigenvalue weighted by atomic mass is 10.1. The highest BCUT2D eigenvalue weighted by Crippen LogP contribution is 2.26. The minimum absolute atomic E-state index is 0.0127. The second-order valence-electron chi connectivity index (χ2n) is 5.97. The molecule has 118 valence electrons. The number of fused-ring (bicyclic) bond motifs is 1. The van der Waals surface area contributed by atoms with Crippen LogP contribution in [0.15, 0.2) is 34.7 Å². The van der Waals surface area contributed by atoms with Crippen LogP contribution in [0, 0.1) is 5.92 Å². The van der Waals surface area contributed by atoms with E-state index >= 15 is 0 Å². The third-order valence-electron chi connectivity index (χ3n) is 4.17. The van der Waals surface area contributed by atoms with Crippen LogP contribution in [0.4, 0.5) is 0 Å². The van der Waals surface area contributed by atoms with Gasteiger partial charge in [0.15, 0.2) is 0 Å². The molecule has 5 nitrogen and oxygen atoms in total. The Morgan fingerprint density at radius 2 is 2.23 bits per heavy atom. The molecule has 0 saturated carbocycles. The van der Waals surface area contributed by atoms with Gasteiger partial charge in [-0.1, -0.05) is 18.2 Å². The summed E-state index contributed by atoms with van der Waals surface area (Å²) in [4.78, 5) is 14.2. The first-order chi connectivity index (χ1) is 10.6. The van der Waals surface area contributed by atoms with Gasteiger partial charge in [0.2, 0.25) is 5.91 Å². The van der Waals surface area contributed by atoms with E-state index in [-0.39, 0.29) is 17.9 Å². The van der Waals surface area contributed by atoms with E-state index in [0.29, 0.717) is 19.8 Å². The van der Waals surface area contributed by atoms with Crippen molar-refractivity contribution in [1.82, 2.24) is 10.2 Å². The maximum Gasteiger partial charge on any atom is 0.225 e. The Bertz CT molecular complexity index is 611. The lowest BCUT2D eigenvalue weighted by Crippen LogP contribution is -2.37. The van der Waals surface area contributed by atoms with Gasteiger partial charge >= 0.3 is 0 Å². The van der Waals surface area contributed by atoms with Crippen molar-refractivity contribution in [3.8, 4) is 0 Å². The van der Waals surface area contributed by atoms with Gasteiger partial charge in [0.05, 0.1) is 18.6 Å². The number of rotatable bonds is 5. The van der Waals surface area contributed by atoms with Gasteiger partial charge in [-0.3, -0.25) is 9.69 Å². The van der Waals surface area contributed by atoms with E-state index in [0.717, 1.165) is 23.2 Å². The molecule has 2 heterocycles. The number of carbonyl (C=O) groups excluding carboxylic acids is 1. The van der Waals surface area contributed by atoms with Gasteiger partial charge < -0.3 is 14.5 Å². The van der Waals surface area contributed by atoms with Crippen molar-refractivity contribution in [3.63, 3.8) is 0 Å². The monoisotopic (exact) mass is 302 g/mol. The van der Waals surface area contributed by atoms with Crippen LogP contribution in [0.25, 0.3) is 11.0 Å². The normalized spacial score (nSPS) is 19.7. The predicted molar refractivity (Wildman–Crippen MR) is 84.6 cm³/mol. The van der Waals surface area contributed by atoms with Crippen molar-refractivity contribution in [2.75, 3.05) is 33.9 Å². The minimum atomic E-state index is -0.0153. The lowest BCUT2D eigenvalue weighted by molar-refractivity contribution is -0.125. The molecule has 1 aromatic carbocycles. The lowest BCUT2D eigenvalue weighted by Gasteiger charge is -2.23. The molecule has 2 unspecified atom stereocenters. The molecule has 3 rings (SSSR count). The standard InChI is InChI=1S/C17H22N2O3/c1-19(2)14(10-18-17(20)13-7-8-21-11-13)16-9-12-5-3-4-6-15(12)22-16/h3-6,9,13-14H,7-8,10-11H2,1-2H3,(H,18,20). The summed E-state index contributed by atoms with van der Waals surface area (Å²) in [6.45, 7) is 1.74. The molecule has 0 aliphatic carbocycles. The second-order valence-corrected chi connectivity index (χ2v) is 5.97. The Morgan fingerprint density at radius 3 is 2.91 bits per heavy atom. The fourth-order valence-corrected chi connectivity index (χ4v) is 2.79. The molecule has 1 aliphatic heterocycles. The molecule has 1 aliphatic rings. The average Bonchev–Trinajstić information content (AvgIpc) is 3.16. The summed E-state index contributed by atoms with van der Waals surface area (Å²) in [5.41, 5.74) is 0.875. The Labute approximate surface area is 130 Å². The molecule has 1 amide bonds. The first-order valence-electron chi connectivity index (χ1n) is 7.65. The number of hydrogen-bond acceptors (Lipinski definition) is 4. The van der Waals surface area contributed by atoms with Crippen molar-refractivity contribution in [2.45, 2.75) is 12.5 Å². The van der Waals surface area contributed by atoms with Gasteiger partial charge in [-0.2, -0.15) is 0 Å². The highest BCUT2D eigenvalue weighted by atomic mass is 16.5. The summed E-state index contributed by atoms with van der Waals surface area (Å²) in [5, 5.41) is 4.11.